The predicted octanol–water partition coefficient (Wildman–Crippen LogP) is 1.51. The van der Waals surface area contributed by atoms with Crippen LogP contribution in [-0.2, 0) is 6.54 Å². The first-order valence-electron chi connectivity index (χ1n) is 7.71. The van der Waals surface area contributed by atoms with E-state index in [0.29, 0.717) is 6.04 Å². The molecule has 2 heterocycles. The minimum absolute atomic E-state index is 0.632. The normalized spacial score (nSPS) is 16.9. The summed E-state index contributed by atoms with van der Waals surface area (Å²) in [7, 11) is 0. The Labute approximate surface area is 122 Å². The van der Waals surface area contributed by atoms with Crippen molar-refractivity contribution in [3.63, 3.8) is 0 Å². The first-order chi connectivity index (χ1) is 9.70. The molecule has 1 aliphatic heterocycles. The van der Waals surface area contributed by atoms with E-state index in [-0.39, 0.29) is 0 Å². The molecule has 1 fully saturated rings. The summed E-state index contributed by atoms with van der Waals surface area (Å²) in [5.74, 6) is 1.02. The Morgan fingerprint density at radius 3 is 2.60 bits per heavy atom. The summed E-state index contributed by atoms with van der Waals surface area (Å²) in [4.78, 5) is 13.9. The lowest BCUT2D eigenvalue weighted by molar-refractivity contribution is 0.209. The molecule has 0 amide bonds. The van der Waals surface area contributed by atoms with Gasteiger partial charge < -0.3 is 10.2 Å². The van der Waals surface area contributed by atoms with Crippen LogP contribution in [0.25, 0.3) is 0 Å². The van der Waals surface area contributed by atoms with Gasteiger partial charge in [0.1, 0.15) is 5.82 Å². The van der Waals surface area contributed by atoms with Crippen LogP contribution in [0.3, 0.4) is 0 Å². The molecule has 0 unspecified atom stereocenters. The second-order valence-corrected chi connectivity index (χ2v) is 5.66. The second kappa shape index (κ2) is 7.55. The van der Waals surface area contributed by atoms with Gasteiger partial charge in [0.2, 0.25) is 0 Å². The summed E-state index contributed by atoms with van der Waals surface area (Å²) in [6.07, 6.45) is 4.88. The largest absolute Gasteiger partial charge is 0.353 e. The van der Waals surface area contributed by atoms with Gasteiger partial charge in [-0.2, -0.15) is 0 Å². The summed E-state index contributed by atoms with van der Waals surface area (Å²) < 4.78 is 0. The average molecular weight is 277 g/mol. The fraction of sp³-hybridized carbons (Fsp3) is 0.733. The minimum Gasteiger partial charge on any atom is -0.353 e. The number of hydrogen-bond donors (Lipinski definition) is 1. The lowest BCUT2D eigenvalue weighted by Gasteiger charge is -2.37. The van der Waals surface area contributed by atoms with Gasteiger partial charge in [-0.1, -0.05) is 6.92 Å². The molecule has 0 saturated carbocycles. The Bertz CT molecular complexity index is 399. The van der Waals surface area contributed by atoms with Crippen LogP contribution in [0.1, 0.15) is 32.9 Å². The minimum atomic E-state index is 0.632. The Morgan fingerprint density at radius 2 is 1.95 bits per heavy atom. The first kappa shape index (κ1) is 15.2. The van der Waals surface area contributed by atoms with Gasteiger partial charge in [-0.05, 0) is 26.8 Å². The van der Waals surface area contributed by atoms with E-state index in [1.807, 2.05) is 12.4 Å². The van der Waals surface area contributed by atoms with Gasteiger partial charge in [-0.3, -0.25) is 9.88 Å². The zero-order valence-corrected chi connectivity index (χ0v) is 13.0. The molecule has 0 radical (unpaired) electrons. The molecule has 1 aliphatic rings. The second-order valence-electron chi connectivity index (χ2n) is 5.66. The highest BCUT2D eigenvalue weighted by Crippen LogP contribution is 2.14. The van der Waals surface area contributed by atoms with E-state index < -0.39 is 0 Å². The van der Waals surface area contributed by atoms with Crippen LogP contribution < -0.4 is 10.2 Å². The van der Waals surface area contributed by atoms with E-state index in [1.165, 1.54) is 0 Å². The van der Waals surface area contributed by atoms with Crippen molar-refractivity contribution in [2.24, 2.45) is 0 Å². The number of nitrogens with zero attached hydrogens (tertiary/aromatic N) is 4. The molecule has 1 aromatic rings. The van der Waals surface area contributed by atoms with Gasteiger partial charge in [0.05, 0.1) is 11.9 Å². The number of aromatic nitrogens is 2. The van der Waals surface area contributed by atoms with Crippen molar-refractivity contribution in [1.82, 2.24) is 20.2 Å². The molecule has 2 rings (SSSR count). The summed E-state index contributed by atoms with van der Waals surface area (Å²) in [6, 6.07) is 0.632. The van der Waals surface area contributed by atoms with E-state index >= 15 is 0 Å². The van der Waals surface area contributed by atoms with Gasteiger partial charge >= 0.3 is 0 Å². The Balaban J connectivity index is 1.91. The Morgan fingerprint density at radius 1 is 1.20 bits per heavy atom. The zero-order chi connectivity index (χ0) is 14.4. The van der Waals surface area contributed by atoms with E-state index in [1.54, 1.807) is 0 Å². The standard InChI is InChI=1S/C15H27N5/c1-4-5-16-10-14-11-17-12-15(18-14)20-8-6-19(7-9-20)13(2)3/h11-13,16H,4-10H2,1-3H3. The van der Waals surface area contributed by atoms with E-state index in [0.717, 1.165) is 57.2 Å². The quantitative estimate of drug-likeness (QED) is 0.799. The van der Waals surface area contributed by atoms with Crippen LogP contribution in [0.2, 0.25) is 0 Å². The van der Waals surface area contributed by atoms with Gasteiger partial charge in [0, 0.05) is 45.0 Å². The van der Waals surface area contributed by atoms with Gasteiger partial charge in [0.25, 0.3) is 0 Å². The highest BCUT2D eigenvalue weighted by molar-refractivity contribution is 5.37. The van der Waals surface area contributed by atoms with Gasteiger partial charge in [0.15, 0.2) is 0 Å². The fourth-order valence-corrected chi connectivity index (χ4v) is 2.49. The highest BCUT2D eigenvalue weighted by Gasteiger charge is 2.19. The third-order valence-corrected chi connectivity index (χ3v) is 3.77. The number of rotatable bonds is 6. The van der Waals surface area contributed by atoms with Crippen molar-refractivity contribution in [3.05, 3.63) is 18.1 Å². The molecule has 5 heteroatoms. The van der Waals surface area contributed by atoms with Crippen molar-refractivity contribution in [2.45, 2.75) is 39.8 Å². The van der Waals surface area contributed by atoms with Gasteiger partial charge in [-0.15, -0.1) is 0 Å². The number of anilines is 1. The monoisotopic (exact) mass is 277 g/mol. The smallest absolute Gasteiger partial charge is 0.147 e. The van der Waals surface area contributed by atoms with E-state index in [2.05, 4.69) is 40.9 Å². The summed E-state index contributed by atoms with van der Waals surface area (Å²) in [5.41, 5.74) is 1.03. The molecule has 1 N–H and O–H groups in total. The molecule has 0 aliphatic carbocycles. The van der Waals surface area contributed by atoms with Crippen molar-refractivity contribution < 1.29 is 0 Å². The van der Waals surface area contributed by atoms with E-state index in [4.69, 9.17) is 4.98 Å². The number of nitrogens with one attached hydrogen (secondary N) is 1. The molecule has 0 spiro atoms. The Hall–Kier alpha value is -1.20. The first-order valence-corrected chi connectivity index (χ1v) is 7.71. The lowest BCUT2D eigenvalue weighted by atomic mass is 10.2. The van der Waals surface area contributed by atoms with Crippen molar-refractivity contribution in [2.75, 3.05) is 37.6 Å². The maximum Gasteiger partial charge on any atom is 0.147 e. The molecule has 1 aromatic heterocycles. The van der Waals surface area contributed by atoms with Crippen molar-refractivity contribution >= 4 is 5.82 Å². The van der Waals surface area contributed by atoms with Crippen LogP contribution in [0.4, 0.5) is 5.82 Å². The topological polar surface area (TPSA) is 44.3 Å². The van der Waals surface area contributed by atoms with E-state index in [9.17, 15) is 0 Å². The summed E-state index contributed by atoms with van der Waals surface area (Å²) >= 11 is 0. The SMILES string of the molecule is CCCNCc1cncc(N2CCN(C(C)C)CC2)n1. The molecule has 1 saturated heterocycles. The lowest BCUT2D eigenvalue weighted by Crippen LogP contribution is -2.49. The molecule has 0 bridgehead atoms. The van der Waals surface area contributed by atoms with Crippen LogP contribution >= 0.6 is 0 Å². The molecular weight excluding hydrogens is 250 g/mol. The third kappa shape index (κ3) is 4.15. The molecule has 0 aromatic carbocycles. The zero-order valence-electron chi connectivity index (χ0n) is 13.0. The molecule has 0 atom stereocenters. The predicted molar refractivity (Wildman–Crippen MR) is 83.0 cm³/mol. The maximum atomic E-state index is 4.72. The highest BCUT2D eigenvalue weighted by atomic mass is 15.3. The number of piperazine rings is 1. The molecule has 112 valence electrons. The van der Waals surface area contributed by atoms with Gasteiger partial charge in [-0.25, -0.2) is 4.98 Å². The van der Waals surface area contributed by atoms with Crippen LogP contribution in [-0.4, -0.2) is 53.6 Å². The van der Waals surface area contributed by atoms with Crippen LogP contribution in [0.15, 0.2) is 12.4 Å². The van der Waals surface area contributed by atoms with Crippen molar-refractivity contribution in [3.8, 4) is 0 Å². The summed E-state index contributed by atoms with van der Waals surface area (Å²) in [6.45, 7) is 12.8. The maximum absolute atomic E-state index is 4.72. The molecule has 20 heavy (non-hydrogen) atoms. The third-order valence-electron chi connectivity index (χ3n) is 3.77. The van der Waals surface area contributed by atoms with Crippen molar-refractivity contribution in [1.29, 1.82) is 0 Å². The van der Waals surface area contributed by atoms with Crippen LogP contribution in [0.5, 0.6) is 0 Å². The number of hydrogen-bond acceptors (Lipinski definition) is 5. The average Bonchev–Trinajstić information content (AvgIpc) is 2.48. The molecule has 5 nitrogen and oxygen atoms in total. The van der Waals surface area contributed by atoms with Crippen LogP contribution in [0, 0.1) is 0 Å². The fourth-order valence-electron chi connectivity index (χ4n) is 2.49. The summed E-state index contributed by atoms with van der Waals surface area (Å²) in [5, 5.41) is 3.37. The molecular formula is C15H27N5. The Kier molecular flexibility index (Phi) is 5.73.